The minimum atomic E-state index is -3.61. The van der Waals surface area contributed by atoms with Gasteiger partial charge in [-0.1, -0.05) is 11.6 Å². The molecule has 126 valence electrons. The summed E-state index contributed by atoms with van der Waals surface area (Å²) in [5.74, 6) is 0.301. The van der Waals surface area contributed by atoms with E-state index in [1.165, 1.54) is 10.4 Å². The van der Waals surface area contributed by atoms with E-state index in [9.17, 15) is 8.42 Å². The van der Waals surface area contributed by atoms with Crippen molar-refractivity contribution in [1.29, 1.82) is 0 Å². The predicted molar refractivity (Wildman–Crippen MR) is 87.7 cm³/mol. The maximum absolute atomic E-state index is 12.7. The van der Waals surface area contributed by atoms with E-state index in [0.717, 1.165) is 0 Å². The zero-order valence-corrected chi connectivity index (χ0v) is 14.6. The highest BCUT2D eigenvalue weighted by atomic mass is 35.5. The number of benzene rings is 1. The quantitative estimate of drug-likeness (QED) is 0.766. The minimum Gasteiger partial charge on any atom is -0.490 e. The zero-order valence-electron chi connectivity index (χ0n) is 12.2. The van der Waals surface area contributed by atoms with Crippen LogP contribution in [0.2, 0.25) is 5.02 Å². The molecule has 9 heteroatoms. The first-order valence-electron chi connectivity index (χ1n) is 6.68. The summed E-state index contributed by atoms with van der Waals surface area (Å²) in [5, 5.41) is 3.49. The van der Waals surface area contributed by atoms with Crippen LogP contribution in [0.1, 0.15) is 0 Å². The molecule has 0 aromatic heterocycles. The molecule has 0 amide bonds. The molecular formula is C13H20Cl2N2O4S. The molecule has 6 nitrogen and oxygen atoms in total. The van der Waals surface area contributed by atoms with Crippen LogP contribution >= 0.6 is 24.0 Å². The van der Waals surface area contributed by atoms with Crippen LogP contribution in [0.4, 0.5) is 0 Å². The van der Waals surface area contributed by atoms with Crippen LogP contribution < -0.4 is 10.1 Å². The predicted octanol–water partition coefficient (Wildman–Crippen LogP) is 1.38. The van der Waals surface area contributed by atoms with E-state index in [1.807, 2.05) is 0 Å². The number of ether oxygens (including phenoxy) is 2. The van der Waals surface area contributed by atoms with Crippen molar-refractivity contribution in [3.05, 3.63) is 23.2 Å². The highest BCUT2D eigenvalue weighted by molar-refractivity contribution is 7.89. The zero-order chi connectivity index (χ0) is 15.3. The van der Waals surface area contributed by atoms with Gasteiger partial charge in [0.1, 0.15) is 17.3 Å². The number of hydrogen-bond donors (Lipinski definition) is 1. The Morgan fingerprint density at radius 1 is 1.27 bits per heavy atom. The first-order chi connectivity index (χ1) is 10.1. The molecule has 1 aromatic rings. The van der Waals surface area contributed by atoms with Gasteiger partial charge in [-0.05, 0) is 18.2 Å². The van der Waals surface area contributed by atoms with E-state index in [1.54, 1.807) is 19.2 Å². The molecular weight excluding hydrogens is 351 g/mol. The largest absolute Gasteiger partial charge is 0.490 e. The molecule has 1 aromatic carbocycles. The van der Waals surface area contributed by atoms with Gasteiger partial charge in [-0.25, -0.2) is 8.42 Å². The molecule has 1 aliphatic heterocycles. The first-order valence-corrected chi connectivity index (χ1v) is 8.49. The molecule has 0 spiro atoms. The van der Waals surface area contributed by atoms with E-state index >= 15 is 0 Å². The fourth-order valence-corrected chi connectivity index (χ4v) is 3.90. The van der Waals surface area contributed by atoms with Crippen molar-refractivity contribution in [3.63, 3.8) is 0 Å². The van der Waals surface area contributed by atoms with Crippen molar-refractivity contribution >= 4 is 34.0 Å². The Kier molecular flexibility index (Phi) is 7.88. The van der Waals surface area contributed by atoms with Crippen molar-refractivity contribution < 1.29 is 17.9 Å². The summed E-state index contributed by atoms with van der Waals surface area (Å²) in [7, 11) is -2.05. The summed E-state index contributed by atoms with van der Waals surface area (Å²) in [6.07, 6.45) is 0. The number of rotatable bonds is 6. The maximum Gasteiger partial charge on any atom is 0.246 e. The van der Waals surface area contributed by atoms with Crippen LogP contribution in [0.25, 0.3) is 0 Å². The van der Waals surface area contributed by atoms with E-state index in [0.29, 0.717) is 43.6 Å². The smallest absolute Gasteiger partial charge is 0.246 e. The number of nitrogens with one attached hydrogen (secondary N) is 1. The lowest BCUT2D eigenvalue weighted by Crippen LogP contribution is -2.46. The molecule has 1 N–H and O–H groups in total. The highest BCUT2D eigenvalue weighted by Crippen LogP contribution is 2.30. The Bertz CT molecular complexity index is 577. The molecule has 0 unspecified atom stereocenters. The number of sulfonamides is 1. The number of halogens is 2. The Hall–Kier alpha value is -0.570. The highest BCUT2D eigenvalue weighted by Gasteiger charge is 2.29. The molecule has 0 saturated carbocycles. The molecule has 1 aliphatic rings. The van der Waals surface area contributed by atoms with Crippen molar-refractivity contribution in [1.82, 2.24) is 9.62 Å². The van der Waals surface area contributed by atoms with Crippen molar-refractivity contribution in [2.24, 2.45) is 0 Å². The first kappa shape index (κ1) is 19.5. The third kappa shape index (κ3) is 4.71. The average Bonchev–Trinajstić information content (AvgIpc) is 2.50. The van der Waals surface area contributed by atoms with Gasteiger partial charge in [-0.15, -0.1) is 12.4 Å². The molecule has 22 heavy (non-hydrogen) atoms. The van der Waals surface area contributed by atoms with Gasteiger partial charge in [-0.2, -0.15) is 4.31 Å². The summed E-state index contributed by atoms with van der Waals surface area (Å²) in [6, 6.07) is 4.62. The summed E-state index contributed by atoms with van der Waals surface area (Å²) in [5.41, 5.74) is 0. The second-order valence-electron chi connectivity index (χ2n) is 4.59. The fourth-order valence-electron chi connectivity index (χ4n) is 2.06. The van der Waals surface area contributed by atoms with Gasteiger partial charge in [0.25, 0.3) is 0 Å². The summed E-state index contributed by atoms with van der Waals surface area (Å²) in [6.45, 7) is 2.82. The Morgan fingerprint density at radius 3 is 2.59 bits per heavy atom. The van der Waals surface area contributed by atoms with Gasteiger partial charge in [0, 0.05) is 38.3 Å². The van der Waals surface area contributed by atoms with Gasteiger partial charge >= 0.3 is 0 Å². The monoisotopic (exact) mass is 370 g/mol. The molecule has 1 saturated heterocycles. The lowest BCUT2D eigenvalue weighted by Gasteiger charge is -2.27. The molecule has 1 heterocycles. The standard InChI is InChI=1S/C13H19ClN2O4S.ClH/c1-19-8-9-20-12-3-2-11(14)10-13(12)21(17,18)16-6-4-15-5-7-16;/h2-3,10,15H,4-9H2,1H3;1H. The van der Waals surface area contributed by atoms with Crippen LogP contribution in [0, 0.1) is 0 Å². The summed E-state index contributed by atoms with van der Waals surface area (Å²) < 4.78 is 37.3. The molecule has 0 atom stereocenters. The van der Waals surface area contributed by atoms with Crippen LogP contribution in [-0.2, 0) is 14.8 Å². The van der Waals surface area contributed by atoms with Crippen LogP contribution in [-0.4, -0.2) is 59.2 Å². The van der Waals surface area contributed by atoms with Crippen molar-refractivity contribution in [3.8, 4) is 5.75 Å². The fraction of sp³-hybridized carbons (Fsp3) is 0.538. The third-order valence-electron chi connectivity index (χ3n) is 3.14. The second kappa shape index (κ2) is 8.90. The second-order valence-corrected chi connectivity index (χ2v) is 6.93. The Morgan fingerprint density at radius 2 is 1.95 bits per heavy atom. The topological polar surface area (TPSA) is 67.9 Å². The molecule has 0 aliphatic carbocycles. The summed E-state index contributed by atoms with van der Waals surface area (Å²) in [4.78, 5) is 0.105. The number of piperazine rings is 1. The van der Waals surface area contributed by atoms with Crippen molar-refractivity contribution in [2.75, 3.05) is 46.5 Å². The van der Waals surface area contributed by atoms with Gasteiger partial charge in [0.05, 0.1) is 6.61 Å². The molecule has 2 rings (SSSR count). The van der Waals surface area contributed by atoms with Crippen molar-refractivity contribution in [2.45, 2.75) is 4.90 Å². The van der Waals surface area contributed by atoms with Gasteiger partial charge in [-0.3, -0.25) is 0 Å². The minimum absolute atomic E-state index is 0. The van der Waals surface area contributed by atoms with E-state index in [4.69, 9.17) is 21.1 Å². The van der Waals surface area contributed by atoms with Gasteiger partial charge in [0.15, 0.2) is 0 Å². The maximum atomic E-state index is 12.7. The third-order valence-corrected chi connectivity index (χ3v) is 5.30. The lowest BCUT2D eigenvalue weighted by molar-refractivity contribution is 0.144. The Balaban J connectivity index is 0.00000242. The average molecular weight is 371 g/mol. The lowest BCUT2D eigenvalue weighted by atomic mass is 10.3. The Labute approximate surface area is 142 Å². The number of nitrogens with zero attached hydrogens (tertiary/aromatic N) is 1. The SMILES string of the molecule is COCCOc1ccc(Cl)cc1S(=O)(=O)N1CCNCC1.Cl. The van der Waals surface area contributed by atoms with Crippen LogP contribution in [0.5, 0.6) is 5.75 Å². The van der Waals surface area contributed by atoms with Crippen LogP contribution in [0.15, 0.2) is 23.1 Å². The normalized spacial score (nSPS) is 16.1. The van der Waals surface area contributed by atoms with Gasteiger partial charge in [0.2, 0.25) is 10.0 Å². The number of hydrogen-bond acceptors (Lipinski definition) is 5. The number of methoxy groups -OCH3 is 1. The van der Waals surface area contributed by atoms with E-state index in [2.05, 4.69) is 5.32 Å². The molecule has 0 radical (unpaired) electrons. The molecule has 0 bridgehead atoms. The molecule has 1 fully saturated rings. The van der Waals surface area contributed by atoms with E-state index in [-0.39, 0.29) is 23.9 Å². The summed E-state index contributed by atoms with van der Waals surface area (Å²) >= 11 is 5.95. The van der Waals surface area contributed by atoms with Gasteiger partial charge < -0.3 is 14.8 Å². The van der Waals surface area contributed by atoms with E-state index < -0.39 is 10.0 Å². The van der Waals surface area contributed by atoms with Crippen LogP contribution in [0.3, 0.4) is 0 Å².